The third-order valence-corrected chi connectivity index (χ3v) is 3.55. The molecule has 0 aromatic heterocycles. The first kappa shape index (κ1) is 14.5. The lowest BCUT2D eigenvalue weighted by molar-refractivity contribution is -0.906. The van der Waals surface area contributed by atoms with Crippen molar-refractivity contribution in [3.05, 3.63) is 35.9 Å². The van der Waals surface area contributed by atoms with Crippen LogP contribution in [0.25, 0.3) is 0 Å². The van der Waals surface area contributed by atoms with Crippen LogP contribution in [0.2, 0.25) is 0 Å². The van der Waals surface area contributed by atoms with Crippen molar-refractivity contribution in [3.8, 4) is 0 Å². The molecule has 0 bridgehead atoms. The summed E-state index contributed by atoms with van der Waals surface area (Å²) in [6.07, 6.45) is 3.29. The Hall–Kier alpha value is -0.600. The van der Waals surface area contributed by atoms with E-state index in [0.29, 0.717) is 5.92 Å². The molecule has 1 nitrogen and oxygen atoms in total. The standard InChI is InChI=1S/C14H20FN.ClH/c15-9-5-11-16-10-4-8-14(12-16)13-6-2-1-3-7-13;/h1-3,6-7,14H,4-5,8-12H2;1H. The quantitative estimate of drug-likeness (QED) is 0.692. The highest BCUT2D eigenvalue weighted by molar-refractivity contribution is 5.19. The molecule has 1 aliphatic heterocycles. The lowest BCUT2D eigenvalue weighted by Gasteiger charge is -2.30. The van der Waals surface area contributed by atoms with Gasteiger partial charge in [-0.3, -0.25) is 4.39 Å². The van der Waals surface area contributed by atoms with Crippen molar-refractivity contribution < 1.29 is 21.7 Å². The maximum Gasteiger partial charge on any atom is 0.0947 e. The number of rotatable bonds is 4. The van der Waals surface area contributed by atoms with Gasteiger partial charge in [0.05, 0.1) is 26.3 Å². The summed E-state index contributed by atoms with van der Waals surface area (Å²) in [6.45, 7) is 3.24. The summed E-state index contributed by atoms with van der Waals surface area (Å²) in [5, 5.41) is 0. The number of halogens is 2. The van der Waals surface area contributed by atoms with Gasteiger partial charge >= 0.3 is 0 Å². The molecule has 1 aromatic carbocycles. The van der Waals surface area contributed by atoms with Crippen molar-refractivity contribution in [2.75, 3.05) is 26.3 Å². The second-order valence-electron chi connectivity index (χ2n) is 4.75. The normalized spacial score (nSPS) is 24.1. The van der Waals surface area contributed by atoms with Gasteiger partial charge in [-0.05, 0) is 18.4 Å². The highest BCUT2D eigenvalue weighted by Crippen LogP contribution is 2.20. The smallest absolute Gasteiger partial charge is 0.0947 e. The molecule has 1 N–H and O–H groups in total. The van der Waals surface area contributed by atoms with Gasteiger partial charge in [0, 0.05) is 12.3 Å². The molecule has 0 spiro atoms. The number of hydrogen-bond donors (Lipinski definition) is 1. The van der Waals surface area contributed by atoms with Crippen molar-refractivity contribution in [3.63, 3.8) is 0 Å². The first-order chi connectivity index (χ1) is 7.90. The number of quaternary nitrogens is 1. The second-order valence-corrected chi connectivity index (χ2v) is 4.75. The third kappa shape index (κ3) is 4.29. The molecule has 1 fully saturated rings. The van der Waals surface area contributed by atoms with E-state index in [1.807, 2.05) is 0 Å². The zero-order chi connectivity index (χ0) is 11.2. The van der Waals surface area contributed by atoms with Crippen molar-refractivity contribution in [1.82, 2.24) is 0 Å². The Morgan fingerprint density at radius 2 is 2.00 bits per heavy atom. The van der Waals surface area contributed by atoms with Gasteiger partial charge in [-0.1, -0.05) is 30.3 Å². The molecule has 1 aliphatic rings. The number of likely N-dealkylation sites (tertiary alicyclic amines) is 1. The minimum absolute atomic E-state index is 0. The van der Waals surface area contributed by atoms with Crippen LogP contribution < -0.4 is 17.3 Å². The average molecular weight is 258 g/mol. The van der Waals surface area contributed by atoms with Crippen LogP contribution in [0.5, 0.6) is 0 Å². The summed E-state index contributed by atoms with van der Waals surface area (Å²) in [4.78, 5) is 1.58. The lowest BCUT2D eigenvalue weighted by atomic mass is 9.90. The molecule has 0 saturated carbocycles. The molecule has 3 heteroatoms. The number of nitrogens with one attached hydrogen (secondary N) is 1. The predicted molar refractivity (Wildman–Crippen MR) is 64.6 cm³/mol. The molecule has 0 radical (unpaired) electrons. The van der Waals surface area contributed by atoms with Crippen molar-refractivity contribution in [2.24, 2.45) is 0 Å². The van der Waals surface area contributed by atoms with E-state index in [1.54, 1.807) is 4.90 Å². The molecule has 96 valence electrons. The number of alkyl halides is 1. The lowest BCUT2D eigenvalue weighted by Crippen LogP contribution is -3.13. The Morgan fingerprint density at radius 3 is 2.71 bits per heavy atom. The summed E-state index contributed by atoms with van der Waals surface area (Å²) >= 11 is 0. The Morgan fingerprint density at radius 1 is 1.24 bits per heavy atom. The summed E-state index contributed by atoms with van der Waals surface area (Å²) in [5.41, 5.74) is 1.46. The Labute approximate surface area is 109 Å². The van der Waals surface area contributed by atoms with E-state index in [-0.39, 0.29) is 19.1 Å². The van der Waals surface area contributed by atoms with E-state index in [4.69, 9.17) is 0 Å². The largest absolute Gasteiger partial charge is 1.00 e. The van der Waals surface area contributed by atoms with Crippen LogP contribution in [0.1, 0.15) is 30.7 Å². The van der Waals surface area contributed by atoms with Crippen LogP contribution in [0.4, 0.5) is 4.39 Å². The molecule has 2 unspecified atom stereocenters. The summed E-state index contributed by atoms with van der Waals surface area (Å²) < 4.78 is 12.2. The van der Waals surface area contributed by atoms with Crippen molar-refractivity contribution in [1.29, 1.82) is 0 Å². The maximum absolute atomic E-state index is 12.2. The van der Waals surface area contributed by atoms with E-state index in [0.717, 1.165) is 13.0 Å². The molecule has 1 heterocycles. The van der Waals surface area contributed by atoms with Gasteiger partial charge in [0.2, 0.25) is 0 Å². The molecule has 17 heavy (non-hydrogen) atoms. The molecule has 0 aliphatic carbocycles. The van der Waals surface area contributed by atoms with Gasteiger partial charge in [-0.25, -0.2) is 0 Å². The van der Waals surface area contributed by atoms with Gasteiger partial charge in [-0.2, -0.15) is 0 Å². The molecule has 2 atom stereocenters. The van der Waals surface area contributed by atoms with Crippen LogP contribution in [0.15, 0.2) is 30.3 Å². The Bertz CT molecular complexity index is 304. The highest BCUT2D eigenvalue weighted by atomic mass is 35.5. The number of piperidine rings is 1. The molecule has 0 amide bonds. The predicted octanol–water partition coefficient (Wildman–Crippen LogP) is -1.19. The monoisotopic (exact) mass is 257 g/mol. The zero-order valence-electron chi connectivity index (χ0n) is 10.2. The fourth-order valence-electron chi connectivity index (χ4n) is 2.70. The fraction of sp³-hybridized carbons (Fsp3) is 0.571. The van der Waals surface area contributed by atoms with Gasteiger partial charge in [0.1, 0.15) is 0 Å². The SMILES string of the molecule is FCCC[NH+]1CCCC(c2ccccc2)C1.[Cl-]. The molecular weight excluding hydrogens is 237 g/mol. The van der Waals surface area contributed by atoms with E-state index < -0.39 is 0 Å². The van der Waals surface area contributed by atoms with Crippen molar-refractivity contribution >= 4 is 0 Å². The minimum Gasteiger partial charge on any atom is -1.00 e. The minimum atomic E-state index is -0.167. The third-order valence-electron chi connectivity index (χ3n) is 3.55. The zero-order valence-corrected chi connectivity index (χ0v) is 10.9. The van der Waals surface area contributed by atoms with Gasteiger partial charge in [0.15, 0.2) is 0 Å². The van der Waals surface area contributed by atoms with Gasteiger partial charge < -0.3 is 17.3 Å². The van der Waals surface area contributed by atoms with Gasteiger partial charge in [-0.15, -0.1) is 0 Å². The van der Waals surface area contributed by atoms with Crippen molar-refractivity contribution in [2.45, 2.75) is 25.2 Å². The summed E-state index contributed by atoms with van der Waals surface area (Å²) in [7, 11) is 0. The Kier molecular flexibility index (Phi) is 6.53. The fourth-order valence-corrected chi connectivity index (χ4v) is 2.70. The molecule has 1 saturated heterocycles. The van der Waals surface area contributed by atoms with E-state index in [1.165, 1.54) is 31.5 Å². The van der Waals surface area contributed by atoms with Crippen LogP contribution in [0, 0.1) is 0 Å². The summed E-state index contributed by atoms with van der Waals surface area (Å²) in [5.74, 6) is 0.685. The van der Waals surface area contributed by atoms with E-state index in [9.17, 15) is 4.39 Å². The van der Waals surface area contributed by atoms with Crippen LogP contribution >= 0.6 is 0 Å². The first-order valence-electron chi connectivity index (χ1n) is 6.34. The number of benzene rings is 1. The average Bonchev–Trinajstić information content (AvgIpc) is 2.38. The Balaban J connectivity index is 0.00000144. The topological polar surface area (TPSA) is 4.44 Å². The summed E-state index contributed by atoms with van der Waals surface area (Å²) in [6, 6.07) is 10.8. The molecule has 2 rings (SSSR count). The second kappa shape index (κ2) is 7.67. The first-order valence-corrected chi connectivity index (χ1v) is 6.34. The molecular formula is C14H21ClFN. The van der Waals surface area contributed by atoms with Crippen LogP contribution in [0.3, 0.4) is 0 Å². The van der Waals surface area contributed by atoms with Crippen LogP contribution in [-0.2, 0) is 0 Å². The molecule has 1 aromatic rings. The van der Waals surface area contributed by atoms with E-state index in [2.05, 4.69) is 30.3 Å². The maximum atomic E-state index is 12.2. The highest BCUT2D eigenvalue weighted by Gasteiger charge is 2.23. The number of hydrogen-bond acceptors (Lipinski definition) is 0. The van der Waals surface area contributed by atoms with E-state index >= 15 is 0 Å². The van der Waals surface area contributed by atoms with Crippen LogP contribution in [-0.4, -0.2) is 26.3 Å². The van der Waals surface area contributed by atoms with Gasteiger partial charge in [0.25, 0.3) is 0 Å².